The number of urea groups is 1. The van der Waals surface area contributed by atoms with Crippen LogP contribution in [0.15, 0.2) is 18.3 Å². The van der Waals surface area contributed by atoms with E-state index in [1.807, 2.05) is 0 Å². The zero-order valence-corrected chi connectivity index (χ0v) is 14.7. The molecule has 0 aliphatic heterocycles. The predicted molar refractivity (Wildman–Crippen MR) is 93.4 cm³/mol. The Hall–Kier alpha value is -1.45. The standard InChI is InChI=1S/C20H29N3O/c1-22-6-2-3-18(22)13-23(17-4-5-17)19(24)21-20-10-14-7-15(11-20)9-16(8-14)12-20/h2-3,6,14-17H,4-5,7-13H2,1H3,(H,21,24). The second-order valence-electron chi connectivity index (χ2n) is 9.10. The van der Waals surface area contributed by atoms with Gasteiger partial charge in [-0.3, -0.25) is 0 Å². The van der Waals surface area contributed by atoms with Crippen LogP contribution >= 0.6 is 0 Å². The molecule has 5 aliphatic carbocycles. The Morgan fingerprint density at radius 1 is 1.21 bits per heavy atom. The number of nitrogens with one attached hydrogen (secondary N) is 1. The van der Waals surface area contributed by atoms with Gasteiger partial charge < -0.3 is 14.8 Å². The van der Waals surface area contributed by atoms with E-state index in [1.165, 1.54) is 57.1 Å². The average molecular weight is 327 g/mol. The SMILES string of the molecule is Cn1cccc1CN(C(=O)NC12CC3CC(CC(C3)C1)C2)C1CC1. The summed E-state index contributed by atoms with van der Waals surface area (Å²) in [6, 6.07) is 4.85. The number of amides is 2. The summed E-state index contributed by atoms with van der Waals surface area (Å²) in [5.41, 5.74) is 1.34. The van der Waals surface area contributed by atoms with Gasteiger partial charge in [0.15, 0.2) is 0 Å². The molecule has 0 radical (unpaired) electrons. The first-order valence-corrected chi connectivity index (χ1v) is 9.79. The van der Waals surface area contributed by atoms with E-state index in [2.05, 4.69) is 40.2 Å². The van der Waals surface area contributed by atoms with Crippen molar-refractivity contribution >= 4 is 6.03 Å². The highest BCUT2D eigenvalue weighted by atomic mass is 16.2. The number of hydrogen-bond donors (Lipinski definition) is 1. The van der Waals surface area contributed by atoms with Crippen molar-refractivity contribution in [1.82, 2.24) is 14.8 Å². The molecule has 1 heterocycles. The first kappa shape index (κ1) is 14.9. The van der Waals surface area contributed by atoms with Crippen LogP contribution in [0.5, 0.6) is 0 Å². The molecule has 4 nitrogen and oxygen atoms in total. The topological polar surface area (TPSA) is 37.3 Å². The molecule has 1 aromatic heterocycles. The summed E-state index contributed by atoms with van der Waals surface area (Å²) in [7, 11) is 2.07. The van der Waals surface area contributed by atoms with Gasteiger partial charge in [-0.05, 0) is 81.3 Å². The highest BCUT2D eigenvalue weighted by Gasteiger charge is 2.52. The number of aryl methyl sites for hydroxylation is 1. The highest BCUT2D eigenvalue weighted by Crippen LogP contribution is 2.55. The first-order valence-electron chi connectivity index (χ1n) is 9.79. The number of carbonyl (C=O) groups is 1. The van der Waals surface area contributed by atoms with Gasteiger partial charge in [-0.1, -0.05) is 0 Å². The van der Waals surface area contributed by atoms with Crippen LogP contribution in [0, 0.1) is 17.8 Å². The minimum absolute atomic E-state index is 0.118. The Bertz CT molecular complexity index is 610. The Morgan fingerprint density at radius 3 is 2.33 bits per heavy atom. The number of nitrogens with zero attached hydrogens (tertiary/aromatic N) is 2. The summed E-state index contributed by atoms with van der Waals surface area (Å²) < 4.78 is 2.13. The third-order valence-corrected chi connectivity index (χ3v) is 7.04. The Labute approximate surface area is 144 Å². The lowest BCUT2D eigenvalue weighted by Crippen LogP contribution is -2.62. The van der Waals surface area contributed by atoms with Gasteiger partial charge in [-0.25, -0.2) is 4.79 Å². The lowest BCUT2D eigenvalue weighted by molar-refractivity contribution is -0.0160. The van der Waals surface area contributed by atoms with E-state index in [9.17, 15) is 4.79 Å². The quantitative estimate of drug-likeness (QED) is 0.900. The van der Waals surface area contributed by atoms with E-state index in [0.717, 1.165) is 24.3 Å². The fourth-order valence-corrected chi connectivity index (χ4v) is 6.15. The van der Waals surface area contributed by atoms with Gasteiger partial charge >= 0.3 is 6.03 Å². The molecule has 4 heteroatoms. The van der Waals surface area contributed by atoms with E-state index in [1.54, 1.807) is 0 Å². The van der Waals surface area contributed by atoms with E-state index in [0.29, 0.717) is 6.04 Å². The van der Waals surface area contributed by atoms with Crippen molar-refractivity contribution in [2.45, 2.75) is 69.5 Å². The minimum Gasteiger partial charge on any atom is -0.353 e. The molecule has 2 amide bonds. The van der Waals surface area contributed by atoms with Gasteiger partial charge in [0.1, 0.15) is 0 Å². The Balaban J connectivity index is 1.32. The third kappa shape index (κ3) is 2.55. The third-order valence-electron chi connectivity index (χ3n) is 7.04. The van der Waals surface area contributed by atoms with Gasteiger partial charge in [0.05, 0.1) is 6.54 Å². The molecule has 1 aromatic rings. The van der Waals surface area contributed by atoms with Gasteiger partial charge in [0.25, 0.3) is 0 Å². The molecule has 24 heavy (non-hydrogen) atoms. The molecular formula is C20H29N3O. The van der Waals surface area contributed by atoms with E-state index in [-0.39, 0.29) is 11.6 Å². The summed E-state index contributed by atoms with van der Waals surface area (Å²) in [5.74, 6) is 2.62. The zero-order chi connectivity index (χ0) is 16.3. The summed E-state index contributed by atoms with van der Waals surface area (Å²) in [6.45, 7) is 0.742. The first-order chi connectivity index (χ1) is 11.6. The maximum Gasteiger partial charge on any atom is 0.318 e. The number of aromatic nitrogens is 1. The van der Waals surface area contributed by atoms with Crippen molar-refractivity contribution in [3.05, 3.63) is 24.0 Å². The van der Waals surface area contributed by atoms with Crippen molar-refractivity contribution in [2.75, 3.05) is 0 Å². The summed E-state index contributed by atoms with van der Waals surface area (Å²) in [5, 5.41) is 3.56. The van der Waals surface area contributed by atoms with E-state index in [4.69, 9.17) is 0 Å². The molecule has 5 fully saturated rings. The maximum absolute atomic E-state index is 13.2. The van der Waals surface area contributed by atoms with Gasteiger partial charge in [0, 0.05) is 30.5 Å². The minimum atomic E-state index is 0.118. The molecule has 0 saturated heterocycles. The van der Waals surface area contributed by atoms with Crippen LogP contribution in [-0.4, -0.2) is 27.1 Å². The largest absolute Gasteiger partial charge is 0.353 e. The fraction of sp³-hybridized carbons (Fsp3) is 0.750. The molecular weight excluding hydrogens is 298 g/mol. The van der Waals surface area contributed by atoms with Gasteiger partial charge in [-0.2, -0.15) is 0 Å². The maximum atomic E-state index is 13.2. The Kier molecular flexibility index (Phi) is 3.26. The molecule has 5 aliphatic rings. The van der Waals surface area contributed by atoms with Crippen LogP contribution in [0.4, 0.5) is 4.79 Å². The Morgan fingerprint density at radius 2 is 1.83 bits per heavy atom. The predicted octanol–water partition coefficient (Wildman–Crippen LogP) is 3.67. The molecule has 130 valence electrons. The molecule has 0 unspecified atom stereocenters. The lowest BCUT2D eigenvalue weighted by atomic mass is 9.53. The van der Waals surface area contributed by atoms with Crippen LogP contribution in [0.25, 0.3) is 0 Å². The number of rotatable bonds is 4. The number of hydrogen-bond acceptors (Lipinski definition) is 1. The number of carbonyl (C=O) groups excluding carboxylic acids is 1. The smallest absolute Gasteiger partial charge is 0.318 e. The molecule has 4 bridgehead atoms. The van der Waals surface area contributed by atoms with Crippen molar-refractivity contribution < 1.29 is 4.79 Å². The van der Waals surface area contributed by atoms with Crippen LogP contribution in [-0.2, 0) is 13.6 Å². The monoisotopic (exact) mass is 327 g/mol. The molecule has 6 rings (SSSR count). The van der Waals surface area contributed by atoms with Crippen LogP contribution in [0.3, 0.4) is 0 Å². The molecule has 1 N–H and O–H groups in total. The zero-order valence-electron chi connectivity index (χ0n) is 14.7. The molecule has 0 spiro atoms. The second kappa shape index (κ2) is 5.27. The highest BCUT2D eigenvalue weighted by molar-refractivity contribution is 5.76. The van der Waals surface area contributed by atoms with Crippen molar-refractivity contribution in [3.8, 4) is 0 Å². The second-order valence-corrected chi connectivity index (χ2v) is 9.10. The van der Waals surface area contributed by atoms with Crippen molar-refractivity contribution in [3.63, 3.8) is 0 Å². The van der Waals surface area contributed by atoms with Crippen molar-refractivity contribution in [1.29, 1.82) is 0 Å². The fourth-order valence-electron chi connectivity index (χ4n) is 6.15. The molecule has 0 atom stereocenters. The molecule has 0 aromatic carbocycles. The average Bonchev–Trinajstić information content (AvgIpc) is 3.26. The van der Waals surface area contributed by atoms with Crippen molar-refractivity contribution in [2.24, 2.45) is 24.8 Å². The van der Waals surface area contributed by atoms with Crippen LogP contribution < -0.4 is 5.32 Å². The van der Waals surface area contributed by atoms with Gasteiger partial charge in [0.2, 0.25) is 0 Å². The molecule has 5 saturated carbocycles. The van der Waals surface area contributed by atoms with Crippen LogP contribution in [0.2, 0.25) is 0 Å². The summed E-state index contributed by atoms with van der Waals surface area (Å²) >= 11 is 0. The van der Waals surface area contributed by atoms with Gasteiger partial charge in [-0.15, -0.1) is 0 Å². The lowest BCUT2D eigenvalue weighted by Gasteiger charge is -2.57. The van der Waals surface area contributed by atoms with Crippen LogP contribution in [0.1, 0.15) is 57.1 Å². The summed E-state index contributed by atoms with van der Waals surface area (Å²) in [4.78, 5) is 15.3. The van der Waals surface area contributed by atoms with E-state index < -0.39 is 0 Å². The summed E-state index contributed by atoms with van der Waals surface area (Å²) in [6.07, 6.45) is 12.4. The normalized spacial score (nSPS) is 36.8. The van der Waals surface area contributed by atoms with E-state index >= 15 is 0 Å².